The van der Waals surface area contributed by atoms with Gasteiger partial charge in [0.2, 0.25) is 5.92 Å². The topological polar surface area (TPSA) is 37.3 Å². The van der Waals surface area contributed by atoms with E-state index in [0.29, 0.717) is 12.2 Å². The molecule has 0 bridgehead atoms. The summed E-state index contributed by atoms with van der Waals surface area (Å²) in [7, 11) is 0. The molecular weight excluding hydrogens is 210 g/mol. The highest BCUT2D eigenvalue weighted by molar-refractivity contribution is 7.99. The van der Waals surface area contributed by atoms with E-state index < -0.39 is 17.8 Å². The lowest BCUT2D eigenvalue weighted by Gasteiger charge is -2.29. The maximum atomic E-state index is 12.7. The Morgan fingerprint density at radius 1 is 1.64 bits per heavy atom. The average molecular weight is 224 g/mol. The summed E-state index contributed by atoms with van der Waals surface area (Å²) >= 11 is 1.54. The Morgan fingerprint density at radius 2 is 2.29 bits per heavy atom. The first-order valence-electron chi connectivity index (χ1n) is 4.58. The molecule has 1 saturated heterocycles. The quantitative estimate of drug-likeness (QED) is 0.800. The van der Waals surface area contributed by atoms with Crippen LogP contribution in [0.25, 0.3) is 0 Å². The Balaban J connectivity index is 2.59. The predicted octanol–water partition coefficient (Wildman–Crippen LogP) is 2.49. The van der Waals surface area contributed by atoms with Crippen molar-refractivity contribution in [2.75, 3.05) is 11.5 Å². The molecule has 1 fully saturated rings. The minimum Gasteiger partial charge on any atom is -0.481 e. The molecule has 2 unspecified atom stereocenters. The van der Waals surface area contributed by atoms with Crippen molar-refractivity contribution in [2.45, 2.75) is 25.7 Å². The van der Waals surface area contributed by atoms with Crippen molar-refractivity contribution in [2.24, 2.45) is 11.8 Å². The summed E-state index contributed by atoms with van der Waals surface area (Å²) in [4.78, 5) is 10.8. The van der Waals surface area contributed by atoms with Gasteiger partial charge >= 0.3 is 5.97 Å². The van der Waals surface area contributed by atoms with Crippen LogP contribution in [0.1, 0.15) is 19.8 Å². The van der Waals surface area contributed by atoms with Crippen LogP contribution in [-0.4, -0.2) is 28.5 Å². The van der Waals surface area contributed by atoms with Crippen LogP contribution in [0.5, 0.6) is 0 Å². The Morgan fingerprint density at radius 3 is 2.79 bits per heavy atom. The van der Waals surface area contributed by atoms with Crippen molar-refractivity contribution >= 4 is 17.7 Å². The lowest BCUT2D eigenvalue weighted by Crippen LogP contribution is -2.33. The van der Waals surface area contributed by atoms with E-state index in [4.69, 9.17) is 5.11 Å². The third-order valence-electron chi connectivity index (χ3n) is 2.44. The number of carboxylic acid groups (broad SMARTS) is 1. The van der Waals surface area contributed by atoms with E-state index in [0.717, 1.165) is 12.7 Å². The van der Waals surface area contributed by atoms with E-state index in [2.05, 4.69) is 0 Å². The molecule has 0 saturated carbocycles. The van der Waals surface area contributed by atoms with Crippen LogP contribution < -0.4 is 0 Å². The Bertz CT molecular complexity index is 215. The molecule has 1 rings (SSSR count). The number of aliphatic carboxylic acids is 1. The van der Waals surface area contributed by atoms with Crippen LogP contribution in [-0.2, 0) is 4.79 Å². The fourth-order valence-corrected chi connectivity index (χ4v) is 3.06. The van der Waals surface area contributed by atoms with E-state index >= 15 is 0 Å². The second kappa shape index (κ2) is 4.47. The van der Waals surface area contributed by atoms with Crippen LogP contribution in [0, 0.1) is 11.8 Å². The van der Waals surface area contributed by atoms with Gasteiger partial charge in [-0.1, -0.05) is 0 Å². The van der Waals surface area contributed by atoms with Gasteiger partial charge in [0.05, 0.1) is 5.92 Å². The van der Waals surface area contributed by atoms with Crippen LogP contribution >= 0.6 is 11.8 Å². The Hall–Kier alpha value is -0.320. The van der Waals surface area contributed by atoms with Gasteiger partial charge in [0, 0.05) is 12.2 Å². The van der Waals surface area contributed by atoms with Gasteiger partial charge in [-0.3, -0.25) is 4.79 Å². The van der Waals surface area contributed by atoms with Crippen molar-refractivity contribution in [1.82, 2.24) is 0 Å². The SMILES string of the molecule is CC(F)(F)CC1CCSCC1C(=O)O. The molecule has 2 atom stereocenters. The van der Waals surface area contributed by atoms with Crippen LogP contribution in [0.3, 0.4) is 0 Å². The fraction of sp³-hybridized carbons (Fsp3) is 0.889. The molecule has 0 aromatic carbocycles. The van der Waals surface area contributed by atoms with Crippen molar-refractivity contribution in [3.8, 4) is 0 Å². The number of carbonyl (C=O) groups is 1. The smallest absolute Gasteiger partial charge is 0.307 e. The zero-order valence-electron chi connectivity index (χ0n) is 8.00. The molecule has 1 aliphatic rings. The van der Waals surface area contributed by atoms with E-state index in [-0.39, 0.29) is 12.3 Å². The van der Waals surface area contributed by atoms with E-state index in [9.17, 15) is 13.6 Å². The lowest BCUT2D eigenvalue weighted by atomic mass is 9.86. The molecule has 0 spiro atoms. The maximum Gasteiger partial charge on any atom is 0.307 e. The molecule has 82 valence electrons. The molecule has 5 heteroatoms. The molecular formula is C9H14F2O2S. The molecule has 0 amide bonds. The monoisotopic (exact) mass is 224 g/mol. The summed E-state index contributed by atoms with van der Waals surface area (Å²) in [5.41, 5.74) is 0. The largest absolute Gasteiger partial charge is 0.481 e. The zero-order valence-corrected chi connectivity index (χ0v) is 8.82. The fourth-order valence-electron chi connectivity index (χ4n) is 1.76. The molecule has 2 nitrogen and oxygen atoms in total. The summed E-state index contributed by atoms with van der Waals surface area (Å²) in [5, 5.41) is 8.85. The molecule has 1 aliphatic heterocycles. The molecule has 0 aromatic rings. The highest BCUT2D eigenvalue weighted by Gasteiger charge is 2.36. The third-order valence-corrected chi connectivity index (χ3v) is 3.56. The van der Waals surface area contributed by atoms with Gasteiger partial charge in [-0.2, -0.15) is 11.8 Å². The molecule has 0 aromatic heterocycles. The average Bonchev–Trinajstić information content (AvgIpc) is 2.01. The van der Waals surface area contributed by atoms with E-state index in [1.54, 1.807) is 0 Å². The maximum absolute atomic E-state index is 12.7. The van der Waals surface area contributed by atoms with E-state index in [1.165, 1.54) is 11.8 Å². The first-order chi connectivity index (χ1) is 6.40. The van der Waals surface area contributed by atoms with Gasteiger partial charge in [-0.05, 0) is 25.0 Å². The van der Waals surface area contributed by atoms with Crippen LogP contribution in [0.2, 0.25) is 0 Å². The van der Waals surface area contributed by atoms with Gasteiger partial charge in [0.1, 0.15) is 0 Å². The Labute approximate surface area is 86.1 Å². The predicted molar refractivity (Wildman–Crippen MR) is 51.8 cm³/mol. The summed E-state index contributed by atoms with van der Waals surface area (Å²) in [6, 6.07) is 0. The van der Waals surface area contributed by atoms with Crippen molar-refractivity contribution < 1.29 is 18.7 Å². The second-order valence-electron chi connectivity index (χ2n) is 3.84. The minimum absolute atomic E-state index is 0.301. The van der Waals surface area contributed by atoms with E-state index in [1.807, 2.05) is 0 Å². The molecule has 1 N–H and O–H groups in total. The molecule has 0 aliphatic carbocycles. The first kappa shape index (κ1) is 11.8. The normalized spacial score (nSPS) is 28.8. The zero-order chi connectivity index (χ0) is 10.8. The minimum atomic E-state index is -2.75. The summed E-state index contributed by atoms with van der Waals surface area (Å²) in [6.45, 7) is 0.855. The highest BCUT2D eigenvalue weighted by Crippen LogP contribution is 2.36. The van der Waals surface area contributed by atoms with Gasteiger partial charge in [-0.25, -0.2) is 8.78 Å². The summed E-state index contributed by atoms with van der Waals surface area (Å²) in [6.07, 6.45) is 0.287. The number of alkyl halides is 2. The summed E-state index contributed by atoms with van der Waals surface area (Å²) < 4.78 is 25.5. The van der Waals surface area contributed by atoms with Gasteiger partial charge in [-0.15, -0.1) is 0 Å². The third kappa shape index (κ3) is 3.44. The van der Waals surface area contributed by atoms with Gasteiger partial charge in [0.25, 0.3) is 0 Å². The molecule has 14 heavy (non-hydrogen) atoms. The number of thioether (sulfide) groups is 1. The van der Waals surface area contributed by atoms with Crippen LogP contribution in [0.4, 0.5) is 8.78 Å². The second-order valence-corrected chi connectivity index (χ2v) is 4.99. The van der Waals surface area contributed by atoms with Crippen molar-refractivity contribution in [1.29, 1.82) is 0 Å². The molecule has 0 radical (unpaired) electrons. The van der Waals surface area contributed by atoms with Gasteiger partial charge < -0.3 is 5.11 Å². The van der Waals surface area contributed by atoms with Crippen molar-refractivity contribution in [3.05, 3.63) is 0 Å². The van der Waals surface area contributed by atoms with Crippen molar-refractivity contribution in [3.63, 3.8) is 0 Å². The number of rotatable bonds is 3. The number of halogens is 2. The standard InChI is InChI=1S/C9H14F2O2S/c1-9(10,11)4-6-2-3-14-5-7(6)8(12)13/h6-7H,2-5H2,1H3,(H,12,13). The van der Waals surface area contributed by atoms with Gasteiger partial charge in [0.15, 0.2) is 0 Å². The number of carboxylic acids is 1. The number of hydrogen-bond donors (Lipinski definition) is 1. The number of hydrogen-bond acceptors (Lipinski definition) is 2. The first-order valence-corrected chi connectivity index (χ1v) is 5.74. The van der Waals surface area contributed by atoms with Crippen LogP contribution in [0.15, 0.2) is 0 Å². The molecule has 1 heterocycles. The summed E-state index contributed by atoms with van der Waals surface area (Å²) in [5.74, 6) is -3.39. The lowest BCUT2D eigenvalue weighted by molar-refractivity contribution is -0.144. The highest BCUT2D eigenvalue weighted by atomic mass is 32.2. The Kier molecular flexibility index (Phi) is 3.75.